The van der Waals surface area contributed by atoms with Crippen molar-refractivity contribution in [2.75, 3.05) is 0 Å². The van der Waals surface area contributed by atoms with Crippen molar-refractivity contribution in [1.29, 1.82) is 0 Å². The first-order chi connectivity index (χ1) is 30.2. The molecule has 0 radical (unpaired) electrons. The minimum Gasteiger partial charge on any atom is -0.309 e. The van der Waals surface area contributed by atoms with Gasteiger partial charge in [0.15, 0.2) is 17.5 Å². The van der Waals surface area contributed by atoms with Crippen molar-refractivity contribution in [3.05, 3.63) is 218 Å². The number of para-hydroxylation sites is 1. The minimum absolute atomic E-state index is 0.641. The molecule has 0 bridgehead atoms. The van der Waals surface area contributed by atoms with Crippen molar-refractivity contribution in [3.63, 3.8) is 0 Å². The number of benzene rings is 10. The second-order valence-electron chi connectivity index (χ2n) is 15.6. The first kappa shape index (κ1) is 34.8. The monoisotopic (exact) mass is 776 g/mol. The van der Waals surface area contributed by atoms with Crippen LogP contribution in [0.1, 0.15) is 0 Å². The van der Waals surface area contributed by atoms with Crippen molar-refractivity contribution in [1.82, 2.24) is 19.5 Å². The van der Waals surface area contributed by atoms with Gasteiger partial charge in [0, 0.05) is 33.2 Å². The van der Waals surface area contributed by atoms with Crippen molar-refractivity contribution in [2.24, 2.45) is 0 Å². The van der Waals surface area contributed by atoms with Crippen LogP contribution in [0.5, 0.6) is 0 Å². The Morgan fingerprint density at radius 1 is 0.230 bits per heavy atom. The number of fused-ring (bicyclic) bond motifs is 9. The van der Waals surface area contributed by atoms with Crippen LogP contribution in [0, 0.1) is 0 Å². The third-order valence-electron chi connectivity index (χ3n) is 12.0. The molecule has 0 aliphatic rings. The minimum atomic E-state index is 0.641. The zero-order valence-corrected chi connectivity index (χ0v) is 33.1. The predicted molar refractivity (Wildman–Crippen MR) is 254 cm³/mol. The average molecular weight is 777 g/mol. The molecule has 0 aliphatic heterocycles. The van der Waals surface area contributed by atoms with Crippen LogP contribution in [-0.4, -0.2) is 19.5 Å². The normalized spacial score (nSPS) is 11.6. The number of hydrogen-bond acceptors (Lipinski definition) is 3. The fourth-order valence-electron chi connectivity index (χ4n) is 9.08. The Bertz CT molecular complexity index is 3560. The molecule has 2 aromatic heterocycles. The molecule has 12 rings (SSSR count). The van der Waals surface area contributed by atoms with Gasteiger partial charge in [-0.15, -0.1) is 0 Å². The lowest BCUT2D eigenvalue weighted by Gasteiger charge is -2.14. The molecule has 0 saturated carbocycles. The Kier molecular flexibility index (Phi) is 8.13. The van der Waals surface area contributed by atoms with E-state index >= 15 is 0 Å². The molecule has 0 atom stereocenters. The van der Waals surface area contributed by atoms with E-state index in [0.29, 0.717) is 17.5 Å². The maximum Gasteiger partial charge on any atom is 0.164 e. The van der Waals surface area contributed by atoms with Crippen LogP contribution >= 0.6 is 0 Å². The maximum absolute atomic E-state index is 5.02. The summed E-state index contributed by atoms with van der Waals surface area (Å²) in [6.07, 6.45) is 0. The van der Waals surface area contributed by atoms with E-state index in [1.165, 1.54) is 65.3 Å². The molecule has 4 heteroatoms. The van der Waals surface area contributed by atoms with Crippen LogP contribution in [0.4, 0.5) is 0 Å². The molecule has 0 aliphatic carbocycles. The van der Waals surface area contributed by atoms with Gasteiger partial charge in [-0.25, -0.2) is 15.0 Å². The molecule has 61 heavy (non-hydrogen) atoms. The van der Waals surface area contributed by atoms with Crippen molar-refractivity contribution < 1.29 is 0 Å². The van der Waals surface area contributed by atoms with Gasteiger partial charge >= 0.3 is 0 Å². The summed E-state index contributed by atoms with van der Waals surface area (Å²) < 4.78 is 2.42. The van der Waals surface area contributed by atoms with E-state index in [0.717, 1.165) is 33.5 Å². The SMILES string of the molecule is c1ccc(-c2ccc(-n3c4ccccc4c4cc5c6ccc(-c7cccc(-c8nc(-c9ccccc9)nc(-c9ccccc9)n8)c7)cc6c6ccccc6c5cc43)cc2)cc1. The van der Waals surface area contributed by atoms with Gasteiger partial charge in [-0.3, -0.25) is 0 Å². The van der Waals surface area contributed by atoms with E-state index in [9.17, 15) is 0 Å². The second kappa shape index (κ2) is 14.3. The Morgan fingerprint density at radius 2 is 0.672 bits per heavy atom. The first-order valence-electron chi connectivity index (χ1n) is 20.7. The Labute approximate surface area is 352 Å². The summed E-state index contributed by atoms with van der Waals surface area (Å²) in [5, 5.41) is 9.90. The van der Waals surface area contributed by atoms with Crippen LogP contribution in [0.2, 0.25) is 0 Å². The Hall–Kier alpha value is -8.21. The zero-order chi connectivity index (χ0) is 40.3. The van der Waals surface area contributed by atoms with E-state index in [1.54, 1.807) is 0 Å². The van der Waals surface area contributed by atoms with Gasteiger partial charge < -0.3 is 4.57 Å². The smallest absolute Gasteiger partial charge is 0.164 e. The molecule has 0 amide bonds. The van der Waals surface area contributed by atoms with Gasteiger partial charge in [0.1, 0.15) is 0 Å². The van der Waals surface area contributed by atoms with Crippen LogP contribution in [0.3, 0.4) is 0 Å². The molecule has 0 spiro atoms. The standard InChI is InChI=1S/C57H36N4/c1-4-15-37(16-5-1)38-27-30-44(31-28-38)61-53-26-13-12-25-48(53)52-35-50-47-32-29-42(34-49(47)45-23-10-11-24-46(45)51(50)36-54(52)61)41-21-14-22-43(33-41)57-59-55(39-17-6-2-7-18-39)58-56(60-57)40-19-8-3-9-20-40/h1-36H. The third kappa shape index (κ3) is 5.96. The van der Waals surface area contributed by atoms with Crippen LogP contribution < -0.4 is 0 Å². The molecule has 4 nitrogen and oxygen atoms in total. The van der Waals surface area contributed by atoms with Gasteiger partial charge in [-0.1, -0.05) is 176 Å². The van der Waals surface area contributed by atoms with Crippen LogP contribution in [0.15, 0.2) is 218 Å². The highest BCUT2D eigenvalue weighted by atomic mass is 15.0. The van der Waals surface area contributed by atoms with E-state index in [2.05, 4.69) is 162 Å². The van der Waals surface area contributed by atoms with Gasteiger partial charge in [0.05, 0.1) is 11.0 Å². The Balaban J connectivity index is 1.01. The number of rotatable bonds is 6. The number of aromatic nitrogens is 4. The third-order valence-corrected chi connectivity index (χ3v) is 12.0. The molecule has 10 aromatic carbocycles. The molecule has 12 aromatic rings. The molecular weight excluding hydrogens is 741 g/mol. The molecule has 0 saturated heterocycles. The highest BCUT2D eigenvalue weighted by Crippen LogP contribution is 2.42. The lowest BCUT2D eigenvalue weighted by atomic mass is 9.91. The first-order valence-corrected chi connectivity index (χ1v) is 20.7. The fraction of sp³-hybridized carbons (Fsp3) is 0. The zero-order valence-electron chi connectivity index (χ0n) is 33.1. The van der Waals surface area contributed by atoms with Crippen molar-refractivity contribution in [2.45, 2.75) is 0 Å². The number of hydrogen-bond donors (Lipinski definition) is 0. The second-order valence-corrected chi connectivity index (χ2v) is 15.6. The van der Waals surface area contributed by atoms with E-state index < -0.39 is 0 Å². The highest BCUT2D eigenvalue weighted by Gasteiger charge is 2.18. The van der Waals surface area contributed by atoms with Crippen molar-refractivity contribution >= 4 is 54.1 Å². The summed E-state index contributed by atoms with van der Waals surface area (Å²) in [5.74, 6) is 1.94. The van der Waals surface area contributed by atoms with Crippen LogP contribution in [-0.2, 0) is 0 Å². The topological polar surface area (TPSA) is 43.6 Å². The van der Waals surface area contributed by atoms with E-state index in [4.69, 9.17) is 15.0 Å². The van der Waals surface area contributed by atoms with Gasteiger partial charge in [0.25, 0.3) is 0 Å². The Morgan fingerprint density at radius 3 is 1.33 bits per heavy atom. The lowest BCUT2D eigenvalue weighted by Crippen LogP contribution is -2.00. The van der Waals surface area contributed by atoms with Gasteiger partial charge in [-0.05, 0) is 97.0 Å². The molecule has 0 fully saturated rings. The quantitative estimate of drug-likeness (QED) is 0.158. The molecule has 2 heterocycles. The summed E-state index contributed by atoms with van der Waals surface area (Å²) in [4.78, 5) is 14.9. The summed E-state index contributed by atoms with van der Waals surface area (Å²) >= 11 is 0. The lowest BCUT2D eigenvalue weighted by molar-refractivity contribution is 1.07. The molecule has 0 unspecified atom stereocenters. The highest BCUT2D eigenvalue weighted by molar-refractivity contribution is 6.29. The molecular formula is C57H36N4. The van der Waals surface area contributed by atoms with E-state index in [-0.39, 0.29) is 0 Å². The van der Waals surface area contributed by atoms with Crippen LogP contribution in [0.25, 0.3) is 116 Å². The van der Waals surface area contributed by atoms with Crippen molar-refractivity contribution in [3.8, 4) is 62.1 Å². The fourth-order valence-corrected chi connectivity index (χ4v) is 9.08. The van der Waals surface area contributed by atoms with E-state index in [1.807, 2.05) is 60.7 Å². The summed E-state index contributed by atoms with van der Waals surface area (Å²) in [6.45, 7) is 0. The summed E-state index contributed by atoms with van der Waals surface area (Å²) in [5.41, 5.74) is 11.0. The van der Waals surface area contributed by atoms with Gasteiger partial charge in [0.2, 0.25) is 0 Å². The predicted octanol–water partition coefficient (Wildman–Crippen LogP) is 14.8. The number of nitrogens with zero attached hydrogens (tertiary/aromatic N) is 4. The molecule has 284 valence electrons. The van der Waals surface area contributed by atoms with Gasteiger partial charge in [-0.2, -0.15) is 0 Å². The molecule has 0 N–H and O–H groups in total. The largest absolute Gasteiger partial charge is 0.309 e. The average Bonchev–Trinajstić information content (AvgIpc) is 3.67. The maximum atomic E-state index is 5.02. The summed E-state index contributed by atoms with van der Waals surface area (Å²) in [6, 6.07) is 77.8. The summed E-state index contributed by atoms with van der Waals surface area (Å²) in [7, 11) is 0.